The summed E-state index contributed by atoms with van der Waals surface area (Å²) in [5, 5.41) is 19.8. The van der Waals surface area contributed by atoms with Crippen LogP contribution in [-0.4, -0.2) is 53.1 Å². The Morgan fingerprint density at radius 1 is 1.19 bits per heavy atom. The van der Waals surface area contributed by atoms with Gasteiger partial charge in [0.15, 0.2) is 0 Å². The number of carboxylic acids is 1. The molecule has 0 bridgehead atoms. The van der Waals surface area contributed by atoms with Gasteiger partial charge in [0.2, 0.25) is 0 Å². The van der Waals surface area contributed by atoms with Crippen LogP contribution in [0.4, 0.5) is 5.69 Å². The summed E-state index contributed by atoms with van der Waals surface area (Å²) in [5.41, 5.74) is -0.688. The Kier molecular flexibility index (Phi) is 4.49. The van der Waals surface area contributed by atoms with Crippen LogP contribution in [0.2, 0.25) is 0 Å². The fraction of sp³-hybridized carbons (Fsp3) is 0.385. The standard InChI is InChI=1S/C13H14N2O6/c16-12(14-2-1-4-21-5-3-14)9-6-10(13(17)18)8-11(7-9)15(19)20/h6-8H,1-5H2,(H,17,18). The van der Waals surface area contributed by atoms with Gasteiger partial charge < -0.3 is 14.7 Å². The van der Waals surface area contributed by atoms with Crippen LogP contribution in [0.5, 0.6) is 0 Å². The highest BCUT2D eigenvalue weighted by molar-refractivity contribution is 5.98. The number of aromatic carboxylic acids is 1. The maximum Gasteiger partial charge on any atom is 0.335 e. The van der Waals surface area contributed by atoms with E-state index in [2.05, 4.69) is 0 Å². The number of nitro groups is 1. The van der Waals surface area contributed by atoms with Crippen LogP contribution < -0.4 is 0 Å². The third-order valence-electron chi connectivity index (χ3n) is 3.13. The first kappa shape index (κ1) is 14.9. The topological polar surface area (TPSA) is 110 Å². The van der Waals surface area contributed by atoms with E-state index in [4.69, 9.17) is 9.84 Å². The lowest BCUT2D eigenvalue weighted by Crippen LogP contribution is -2.33. The molecule has 1 aromatic rings. The SMILES string of the molecule is O=C(O)c1cc(C(=O)N2CCCOCC2)cc([N+](=O)[O-])c1. The van der Waals surface area contributed by atoms with Crippen LogP contribution in [-0.2, 0) is 4.74 Å². The van der Waals surface area contributed by atoms with Crippen LogP contribution in [0.15, 0.2) is 18.2 Å². The molecule has 0 unspecified atom stereocenters. The predicted octanol–water partition coefficient (Wildman–Crippen LogP) is 1.16. The van der Waals surface area contributed by atoms with Crippen molar-refractivity contribution in [3.8, 4) is 0 Å². The van der Waals surface area contributed by atoms with Gasteiger partial charge in [0.25, 0.3) is 11.6 Å². The number of hydrogen-bond donors (Lipinski definition) is 1. The van der Waals surface area contributed by atoms with Crippen LogP contribution in [0.25, 0.3) is 0 Å². The zero-order valence-electron chi connectivity index (χ0n) is 11.2. The second-order valence-corrected chi connectivity index (χ2v) is 4.59. The monoisotopic (exact) mass is 294 g/mol. The molecule has 1 aliphatic rings. The summed E-state index contributed by atoms with van der Waals surface area (Å²) >= 11 is 0. The quantitative estimate of drug-likeness (QED) is 0.661. The van der Waals surface area contributed by atoms with Gasteiger partial charge in [0.05, 0.1) is 17.1 Å². The second-order valence-electron chi connectivity index (χ2n) is 4.59. The third kappa shape index (κ3) is 3.54. The van der Waals surface area contributed by atoms with Crippen molar-refractivity contribution in [3.05, 3.63) is 39.4 Å². The van der Waals surface area contributed by atoms with Crippen LogP contribution in [0.1, 0.15) is 27.1 Å². The van der Waals surface area contributed by atoms with Crippen LogP contribution in [0, 0.1) is 10.1 Å². The van der Waals surface area contributed by atoms with Gasteiger partial charge in [-0.1, -0.05) is 0 Å². The maximum atomic E-state index is 12.4. The van der Waals surface area contributed by atoms with Gasteiger partial charge >= 0.3 is 5.97 Å². The molecule has 1 aliphatic heterocycles. The Morgan fingerprint density at radius 3 is 2.57 bits per heavy atom. The van der Waals surface area contributed by atoms with E-state index >= 15 is 0 Å². The molecule has 1 fully saturated rings. The summed E-state index contributed by atoms with van der Waals surface area (Å²) in [7, 11) is 0. The number of rotatable bonds is 3. The molecule has 0 atom stereocenters. The summed E-state index contributed by atoms with van der Waals surface area (Å²) < 4.78 is 5.24. The minimum Gasteiger partial charge on any atom is -0.478 e. The molecular weight excluding hydrogens is 280 g/mol. The Balaban J connectivity index is 2.34. The third-order valence-corrected chi connectivity index (χ3v) is 3.13. The van der Waals surface area contributed by atoms with Gasteiger partial charge in [0.1, 0.15) is 0 Å². The maximum absolute atomic E-state index is 12.4. The van der Waals surface area contributed by atoms with Crippen molar-refractivity contribution in [1.82, 2.24) is 4.90 Å². The summed E-state index contributed by atoms with van der Waals surface area (Å²) in [6.45, 7) is 1.80. The molecule has 21 heavy (non-hydrogen) atoms. The number of non-ortho nitro benzene ring substituents is 1. The Bertz CT molecular complexity index is 546. The molecule has 2 rings (SSSR count). The van der Waals surface area contributed by atoms with Crippen molar-refractivity contribution >= 4 is 17.6 Å². The molecule has 0 spiro atoms. The number of carbonyl (C=O) groups excluding carboxylic acids is 1. The Hall–Kier alpha value is -2.48. The zero-order chi connectivity index (χ0) is 15.4. The number of benzene rings is 1. The van der Waals surface area contributed by atoms with Crippen molar-refractivity contribution in [3.63, 3.8) is 0 Å². The Morgan fingerprint density at radius 2 is 1.90 bits per heavy atom. The fourth-order valence-electron chi connectivity index (χ4n) is 2.10. The smallest absolute Gasteiger partial charge is 0.335 e. The molecule has 0 aliphatic carbocycles. The summed E-state index contributed by atoms with van der Waals surface area (Å²) in [4.78, 5) is 35.0. The lowest BCUT2D eigenvalue weighted by Gasteiger charge is -2.19. The Labute approximate surface area is 120 Å². The molecule has 1 saturated heterocycles. The van der Waals surface area contributed by atoms with E-state index in [0.29, 0.717) is 32.7 Å². The molecule has 0 saturated carbocycles. The average Bonchev–Trinajstić information content (AvgIpc) is 2.74. The van der Waals surface area contributed by atoms with Gasteiger partial charge in [-0.2, -0.15) is 0 Å². The average molecular weight is 294 g/mol. The van der Waals surface area contributed by atoms with Gasteiger partial charge in [-0.05, 0) is 12.5 Å². The summed E-state index contributed by atoms with van der Waals surface area (Å²) in [5.74, 6) is -1.74. The van der Waals surface area contributed by atoms with Crippen LogP contribution in [0.3, 0.4) is 0 Å². The summed E-state index contributed by atoms with van der Waals surface area (Å²) in [6, 6.07) is 3.19. The van der Waals surface area contributed by atoms with Gasteiger partial charge in [-0.25, -0.2) is 4.79 Å². The molecule has 8 nitrogen and oxygen atoms in total. The van der Waals surface area contributed by atoms with E-state index in [0.717, 1.165) is 18.2 Å². The molecule has 112 valence electrons. The van der Waals surface area contributed by atoms with Crippen molar-refractivity contribution in [2.45, 2.75) is 6.42 Å². The molecule has 0 radical (unpaired) electrons. The van der Waals surface area contributed by atoms with Crippen molar-refractivity contribution < 1.29 is 24.4 Å². The fourth-order valence-corrected chi connectivity index (χ4v) is 2.10. The number of nitrogens with zero attached hydrogens (tertiary/aromatic N) is 2. The van der Waals surface area contributed by atoms with Gasteiger partial charge in [-0.3, -0.25) is 14.9 Å². The number of amides is 1. The lowest BCUT2D eigenvalue weighted by atomic mass is 10.1. The van der Waals surface area contributed by atoms with E-state index in [1.807, 2.05) is 0 Å². The molecule has 0 aromatic heterocycles. The van der Waals surface area contributed by atoms with E-state index in [1.165, 1.54) is 4.90 Å². The highest BCUT2D eigenvalue weighted by atomic mass is 16.6. The predicted molar refractivity (Wildman–Crippen MR) is 71.4 cm³/mol. The van der Waals surface area contributed by atoms with Crippen molar-refractivity contribution in [2.75, 3.05) is 26.3 Å². The summed E-state index contributed by atoms with van der Waals surface area (Å²) in [6.07, 6.45) is 0.673. The molecule has 1 heterocycles. The van der Waals surface area contributed by atoms with Gasteiger partial charge in [0, 0.05) is 37.4 Å². The molecule has 1 aromatic carbocycles. The van der Waals surface area contributed by atoms with E-state index in [9.17, 15) is 19.7 Å². The van der Waals surface area contributed by atoms with E-state index in [-0.39, 0.29) is 11.1 Å². The lowest BCUT2D eigenvalue weighted by molar-refractivity contribution is -0.384. The second kappa shape index (κ2) is 6.31. The molecule has 1 N–H and O–H groups in total. The first-order valence-corrected chi connectivity index (χ1v) is 6.39. The number of carboxylic acid groups (broad SMARTS) is 1. The largest absolute Gasteiger partial charge is 0.478 e. The number of carbonyl (C=O) groups is 2. The zero-order valence-corrected chi connectivity index (χ0v) is 11.2. The first-order chi connectivity index (χ1) is 9.99. The van der Waals surface area contributed by atoms with Crippen molar-refractivity contribution in [1.29, 1.82) is 0 Å². The minimum absolute atomic E-state index is 0.00324. The normalized spacial score (nSPS) is 15.3. The minimum atomic E-state index is -1.31. The van der Waals surface area contributed by atoms with Gasteiger partial charge in [-0.15, -0.1) is 0 Å². The highest BCUT2D eigenvalue weighted by Gasteiger charge is 2.22. The molecule has 8 heteroatoms. The van der Waals surface area contributed by atoms with E-state index in [1.54, 1.807) is 0 Å². The molecule has 1 amide bonds. The van der Waals surface area contributed by atoms with E-state index < -0.39 is 22.5 Å². The molecular formula is C13H14N2O6. The number of hydrogen-bond acceptors (Lipinski definition) is 5. The van der Waals surface area contributed by atoms with Crippen LogP contribution >= 0.6 is 0 Å². The number of nitro benzene ring substituents is 1. The van der Waals surface area contributed by atoms with Crippen molar-refractivity contribution in [2.24, 2.45) is 0 Å². The number of ether oxygens (including phenoxy) is 1. The first-order valence-electron chi connectivity index (χ1n) is 6.39. The highest BCUT2D eigenvalue weighted by Crippen LogP contribution is 2.19.